The van der Waals surface area contributed by atoms with E-state index in [0.717, 1.165) is 30.5 Å². The molecule has 0 aliphatic heterocycles. The van der Waals surface area contributed by atoms with Crippen LogP contribution in [0.25, 0.3) is 0 Å². The number of aryl methyl sites for hydroxylation is 1. The van der Waals surface area contributed by atoms with Crippen LogP contribution in [-0.2, 0) is 6.42 Å². The van der Waals surface area contributed by atoms with Crippen molar-refractivity contribution in [3.63, 3.8) is 0 Å². The first-order valence-corrected chi connectivity index (χ1v) is 6.22. The lowest BCUT2D eigenvalue weighted by Gasteiger charge is -2.28. The molecular formula is C13H17F3N2. The minimum Gasteiger partial charge on any atom is -0.306 e. The van der Waals surface area contributed by atoms with E-state index in [4.69, 9.17) is 0 Å². The first-order valence-electron chi connectivity index (χ1n) is 6.22. The number of nitrogens with zero attached hydrogens (tertiary/aromatic N) is 1. The quantitative estimate of drug-likeness (QED) is 0.899. The number of rotatable bonds is 3. The fraction of sp³-hybridized carbons (Fsp3) is 0.615. The van der Waals surface area contributed by atoms with E-state index in [2.05, 4.69) is 10.3 Å². The Hall–Kier alpha value is -1.10. The Morgan fingerprint density at radius 3 is 3.00 bits per heavy atom. The molecule has 1 N–H and O–H groups in total. The normalized spacial score (nSPS) is 21.4. The van der Waals surface area contributed by atoms with Gasteiger partial charge in [0, 0.05) is 18.3 Å². The van der Waals surface area contributed by atoms with Gasteiger partial charge in [0.05, 0.1) is 12.1 Å². The van der Waals surface area contributed by atoms with E-state index < -0.39 is 18.6 Å². The molecule has 1 heterocycles. The van der Waals surface area contributed by atoms with Crippen molar-refractivity contribution in [2.45, 2.75) is 50.9 Å². The smallest absolute Gasteiger partial charge is 0.306 e. The first kappa shape index (κ1) is 13.3. The number of fused-ring (bicyclic) bond motifs is 1. The van der Waals surface area contributed by atoms with E-state index in [1.807, 2.05) is 12.1 Å². The molecule has 5 heteroatoms. The summed E-state index contributed by atoms with van der Waals surface area (Å²) in [5.41, 5.74) is 2.07. The van der Waals surface area contributed by atoms with Gasteiger partial charge in [-0.2, -0.15) is 13.2 Å². The molecule has 0 aromatic carbocycles. The zero-order valence-corrected chi connectivity index (χ0v) is 10.3. The molecule has 1 aromatic rings. The van der Waals surface area contributed by atoms with Crippen LogP contribution in [-0.4, -0.2) is 17.2 Å². The van der Waals surface area contributed by atoms with Crippen molar-refractivity contribution in [2.75, 3.05) is 0 Å². The van der Waals surface area contributed by atoms with Crippen molar-refractivity contribution in [3.8, 4) is 0 Å². The standard InChI is InChI=1S/C13H17F3N2/c1-9(8-13(14,15)16)18-11-6-2-4-10-5-3-7-17-12(10)11/h3,5,7,9,11,18H,2,4,6,8H2,1H3. The zero-order valence-electron chi connectivity index (χ0n) is 10.3. The van der Waals surface area contributed by atoms with Crippen molar-refractivity contribution in [1.82, 2.24) is 10.3 Å². The Morgan fingerprint density at radius 2 is 2.28 bits per heavy atom. The van der Waals surface area contributed by atoms with Crippen molar-refractivity contribution >= 4 is 0 Å². The molecule has 1 aliphatic carbocycles. The van der Waals surface area contributed by atoms with Gasteiger partial charge in [0.15, 0.2) is 0 Å². The summed E-state index contributed by atoms with van der Waals surface area (Å²) in [6.07, 6.45) is -0.400. The lowest BCUT2D eigenvalue weighted by molar-refractivity contribution is -0.139. The van der Waals surface area contributed by atoms with Crippen LogP contribution < -0.4 is 5.32 Å². The van der Waals surface area contributed by atoms with Crippen molar-refractivity contribution in [2.24, 2.45) is 0 Å². The highest BCUT2D eigenvalue weighted by molar-refractivity contribution is 5.25. The second-order valence-electron chi connectivity index (χ2n) is 4.88. The number of hydrogen-bond acceptors (Lipinski definition) is 2. The highest BCUT2D eigenvalue weighted by Gasteiger charge is 2.31. The summed E-state index contributed by atoms with van der Waals surface area (Å²) in [6, 6.07) is 3.25. The molecule has 0 saturated carbocycles. The molecule has 0 amide bonds. The monoisotopic (exact) mass is 258 g/mol. The third-order valence-corrected chi connectivity index (χ3v) is 3.22. The summed E-state index contributed by atoms with van der Waals surface area (Å²) in [5.74, 6) is 0. The van der Waals surface area contributed by atoms with E-state index in [9.17, 15) is 13.2 Å². The van der Waals surface area contributed by atoms with Gasteiger partial charge in [0.1, 0.15) is 0 Å². The van der Waals surface area contributed by atoms with Crippen LogP contribution in [0.15, 0.2) is 18.3 Å². The van der Waals surface area contributed by atoms with Crippen LogP contribution >= 0.6 is 0 Å². The Kier molecular flexibility index (Phi) is 3.90. The number of hydrogen-bond donors (Lipinski definition) is 1. The Labute approximate surface area is 105 Å². The van der Waals surface area contributed by atoms with Crippen LogP contribution in [0.5, 0.6) is 0 Å². The maximum atomic E-state index is 12.3. The van der Waals surface area contributed by atoms with E-state index >= 15 is 0 Å². The van der Waals surface area contributed by atoms with Gasteiger partial charge in [-0.3, -0.25) is 4.98 Å². The van der Waals surface area contributed by atoms with Crippen LogP contribution in [0.3, 0.4) is 0 Å². The van der Waals surface area contributed by atoms with Crippen molar-refractivity contribution in [1.29, 1.82) is 0 Å². The molecule has 1 aliphatic rings. The van der Waals surface area contributed by atoms with Crippen LogP contribution in [0.4, 0.5) is 13.2 Å². The van der Waals surface area contributed by atoms with Gasteiger partial charge in [0.2, 0.25) is 0 Å². The third kappa shape index (κ3) is 3.45. The lowest BCUT2D eigenvalue weighted by atomic mass is 9.91. The van der Waals surface area contributed by atoms with Gasteiger partial charge in [-0.05, 0) is 37.8 Å². The summed E-state index contributed by atoms with van der Waals surface area (Å²) in [5, 5.41) is 3.05. The summed E-state index contributed by atoms with van der Waals surface area (Å²) in [6.45, 7) is 1.57. The Bertz CT molecular complexity index is 403. The molecule has 2 atom stereocenters. The van der Waals surface area contributed by atoms with Crippen molar-refractivity contribution < 1.29 is 13.2 Å². The third-order valence-electron chi connectivity index (χ3n) is 3.22. The Balaban J connectivity index is 2.03. The molecule has 0 spiro atoms. The highest BCUT2D eigenvalue weighted by atomic mass is 19.4. The van der Waals surface area contributed by atoms with E-state index in [0.29, 0.717) is 0 Å². The summed E-state index contributed by atoms with van der Waals surface area (Å²) in [4.78, 5) is 4.31. The molecule has 1 aromatic heterocycles. The van der Waals surface area contributed by atoms with Crippen LogP contribution in [0.2, 0.25) is 0 Å². The highest BCUT2D eigenvalue weighted by Crippen LogP contribution is 2.29. The largest absolute Gasteiger partial charge is 0.390 e. The molecule has 2 nitrogen and oxygen atoms in total. The minimum atomic E-state index is -4.12. The minimum absolute atomic E-state index is 0.0488. The maximum Gasteiger partial charge on any atom is 0.390 e. The number of nitrogens with one attached hydrogen (secondary N) is 1. The number of aromatic nitrogens is 1. The number of pyridine rings is 1. The molecular weight excluding hydrogens is 241 g/mol. The van der Waals surface area contributed by atoms with E-state index in [1.165, 1.54) is 0 Å². The molecule has 0 radical (unpaired) electrons. The second kappa shape index (κ2) is 5.26. The number of alkyl halides is 3. The van der Waals surface area contributed by atoms with E-state index in [1.54, 1.807) is 13.1 Å². The van der Waals surface area contributed by atoms with Gasteiger partial charge in [0.25, 0.3) is 0 Å². The average molecular weight is 258 g/mol. The summed E-state index contributed by atoms with van der Waals surface area (Å²) >= 11 is 0. The molecule has 100 valence electrons. The van der Waals surface area contributed by atoms with Gasteiger partial charge in [-0.1, -0.05) is 6.07 Å². The maximum absolute atomic E-state index is 12.3. The zero-order chi connectivity index (χ0) is 13.2. The molecule has 0 saturated heterocycles. The van der Waals surface area contributed by atoms with Gasteiger partial charge in [-0.15, -0.1) is 0 Å². The molecule has 0 fully saturated rings. The predicted molar refractivity (Wildman–Crippen MR) is 63.2 cm³/mol. The summed E-state index contributed by atoms with van der Waals surface area (Å²) in [7, 11) is 0. The number of halogens is 3. The SMILES string of the molecule is CC(CC(F)(F)F)NC1CCCc2cccnc21. The molecule has 0 bridgehead atoms. The van der Waals surface area contributed by atoms with Crippen molar-refractivity contribution in [3.05, 3.63) is 29.6 Å². The second-order valence-corrected chi connectivity index (χ2v) is 4.88. The molecule has 2 rings (SSSR count). The van der Waals surface area contributed by atoms with Gasteiger partial charge < -0.3 is 5.32 Å². The predicted octanol–water partition coefficient (Wildman–Crippen LogP) is 3.39. The van der Waals surface area contributed by atoms with Gasteiger partial charge >= 0.3 is 6.18 Å². The van der Waals surface area contributed by atoms with Gasteiger partial charge in [-0.25, -0.2) is 0 Å². The Morgan fingerprint density at radius 1 is 1.50 bits per heavy atom. The van der Waals surface area contributed by atoms with Crippen LogP contribution in [0, 0.1) is 0 Å². The summed E-state index contributed by atoms with van der Waals surface area (Å²) < 4.78 is 36.9. The first-order chi connectivity index (χ1) is 8.46. The van der Waals surface area contributed by atoms with Crippen LogP contribution in [0.1, 0.15) is 43.5 Å². The topological polar surface area (TPSA) is 24.9 Å². The molecule has 2 unspecified atom stereocenters. The fourth-order valence-electron chi connectivity index (χ4n) is 2.52. The fourth-order valence-corrected chi connectivity index (χ4v) is 2.52. The average Bonchev–Trinajstić information content (AvgIpc) is 2.27. The lowest BCUT2D eigenvalue weighted by Crippen LogP contribution is -2.36. The van der Waals surface area contributed by atoms with E-state index in [-0.39, 0.29) is 6.04 Å². The molecule has 18 heavy (non-hydrogen) atoms.